The molecule has 0 saturated carbocycles. The molecule has 3 aromatic rings. The van der Waals surface area contributed by atoms with Gasteiger partial charge in [-0.25, -0.2) is 4.68 Å². The Bertz CT molecular complexity index is 1110. The second-order valence-corrected chi connectivity index (χ2v) is 8.68. The van der Waals surface area contributed by atoms with Gasteiger partial charge in [-0.15, -0.1) is 0 Å². The molecule has 1 fully saturated rings. The Morgan fingerprint density at radius 3 is 2.27 bits per heavy atom. The lowest BCUT2D eigenvalue weighted by Crippen LogP contribution is -2.43. The number of carbonyl (C=O) groups is 2. The number of carbonyl (C=O) groups excluding carboxylic acids is 2. The smallest absolute Gasteiger partial charge is 0.246 e. The highest BCUT2D eigenvalue weighted by Gasteiger charge is 2.26. The van der Waals surface area contributed by atoms with Crippen molar-refractivity contribution in [1.82, 2.24) is 20.0 Å². The van der Waals surface area contributed by atoms with E-state index >= 15 is 0 Å². The van der Waals surface area contributed by atoms with E-state index in [2.05, 4.69) is 5.32 Å². The Labute approximate surface area is 194 Å². The average Bonchev–Trinajstić information content (AvgIpc) is 3.28. The molecule has 1 aliphatic heterocycles. The van der Waals surface area contributed by atoms with Crippen LogP contribution in [0, 0.1) is 5.92 Å². The lowest BCUT2D eigenvalue weighted by atomic mass is 9.95. The zero-order valence-electron chi connectivity index (χ0n) is 19.1. The largest absolute Gasteiger partial charge is 0.354 e. The zero-order chi connectivity index (χ0) is 23.2. The lowest BCUT2D eigenvalue weighted by molar-refractivity contribution is -0.132. The van der Waals surface area contributed by atoms with Crippen molar-refractivity contribution in [1.29, 1.82) is 0 Å². The zero-order valence-corrected chi connectivity index (χ0v) is 19.1. The van der Waals surface area contributed by atoms with Crippen molar-refractivity contribution in [2.75, 3.05) is 13.1 Å². The highest BCUT2D eigenvalue weighted by molar-refractivity contribution is 5.93. The molecule has 0 unspecified atom stereocenters. The minimum Gasteiger partial charge on any atom is -0.354 e. The minimum absolute atomic E-state index is 0.0192. The van der Waals surface area contributed by atoms with Crippen molar-refractivity contribution in [2.45, 2.75) is 32.7 Å². The maximum Gasteiger partial charge on any atom is 0.246 e. The van der Waals surface area contributed by atoms with Crippen LogP contribution in [0.15, 0.2) is 72.9 Å². The van der Waals surface area contributed by atoms with E-state index in [4.69, 9.17) is 5.10 Å². The van der Waals surface area contributed by atoms with E-state index in [0.717, 1.165) is 22.5 Å². The minimum atomic E-state index is -0.0378. The predicted molar refractivity (Wildman–Crippen MR) is 131 cm³/mol. The standard InChI is InChI=1S/C27H30N4O2/c1-20(2)28-27(33)22-15-17-30(18-16-22)25(32)14-13-23-19-31(24-11-7-4-8-12-24)29-26(23)21-9-5-3-6-10-21/h3-14,19-20,22H,15-18H2,1-2H3,(H,28,33)/b14-13+. The van der Waals surface area contributed by atoms with Crippen LogP contribution in [0.25, 0.3) is 23.0 Å². The molecule has 1 aromatic heterocycles. The van der Waals surface area contributed by atoms with Gasteiger partial charge in [-0.05, 0) is 44.9 Å². The van der Waals surface area contributed by atoms with Crippen LogP contribution in [0.4, 0.5) is 0 Å². The van der Waals surface area contributed by atoms with Gasteiger partial charge >= 0.3 is 0 Å². The van der Waals surface area contributed by atoms with Gasteiger partial charge in [0, 0.05) is 48.4 Å². The first kappa shape index (κ1) is 22.5. The Hall–Kier alpha value is -3.67. The number of hydrogen-bond acceptors (Lipinski definition) is 3. The number of benzene rings is 2. The van der Waals surface area contributed by atoms with Crippen LogP contribution in [0.2, 0.25) is 0 Å². The van der Waals surface area contributed by atoms with Crippen LogP contribution in [0.5, 0.6) is 0 Å². The van der Waals surface area contributed by atoms with Gasteiger partial charge in [0.15, 0.2) is 0 Å². The molecule has 0 atom stereocenters. The molecular weight excluding hydrogens is 412 g/mol. The fraction of sp³-hybridized carbons (Fsp3) is 0.296. The van der Waals surface area contributed by atoms with Crippen LogP contribution in [-0.4, -0.2) is 45.6 Å². The molecule has 33 heavy (non-hydrogen) atoms. The lowest BCUT2D eigenvalue weighted by Gasteiger charge is -2.31. The third kappa shape index (κ3) is 5.58. The number of nitrogens with one attached hydrogen (secondary N) is 1. The van der Waals surface area contributed by atoms with E-state index in [0.29, 0.717) is 25.9 Å². The van der Waals surface area contributed by atoms with Crippen molar-refractivity contribution in [3.8, 4) is 16.9 Å². The fourth-order valence-electron chi connectivity index (χ4n) is 4.07. The van der Waals surface area contributed by atoms with Crippen LogP contribution in [0.1, 0.15) is 32.3 Å². The number of likely N-dealkylation sites (tertiary alicyclic amines) is 1. The highest BCUT2D eigenvalue weighted by Crippen LogP contribution is 2.25. The fourth-order valence-corrected chi connectivity index (χ4v) is 4.07. The maximum atomic E-state index is 12.9. The van der Waals surface area contributed by atoms with E-state index in [1.165, 1.54) is 0 Å². The Kier molecular flexibility index (Phi) is 7.03. The van der Waals surface area contributed by atoms with Gasteiger partial charge in [0.25, 0.3) is 0 Å². The first-order valence-electron chi connectivity index (χ1n) is 11.5. The number of para-hydroxylation sites is 1. The number of nitrogens with zero attached hydrogens (tertiary/aromatic N) is 3. The molecule has 2 heterocycles. The number of aromatic nitrogens is 2. The van der Waals surface area contributed by atoms with E-state index in [9.17, 15) is 9.59 Å². The van der Waals surface area contributed by atoms with Crippen LogP contribution in [-0.2, 0) is 9.59 Å². The third-order valence-corrected chi connectivity index (χ3v) is 5.82. The van der Waals surface area contributed by atoms with Crippen LogP contribution < -0.4 is 5.32 Å². The summed E-state index contributed by atoms with van der Waals surface area (Å²) in [5, 5.41) is 7.77. The third-order valence-electron chi connectivity index (χ3n) is 5.82. The van der Waals surface area contributed by atoms with Crippen molar-refractivity contribution >= 4 is 17.9 Å². The van der Waals surface area contributed by atoms with Crippen molar-refractivity contribution < 1.29 is 9.59 Å². The SMILES string of the molecule is CC(C)NC(=O)C1CCN(C(=O)/C=C/c2cn(-c3ccccc3)nc2-c2ccccc2)CC1. The monoisotopic (exact) mass is 442 g/mol. The van der Waals surface area contributed by atoms with E-state index in [1.54, 1.807) is 6.08 Å². The first-order chi connectivity index (χ1) is 16.0. The van der Waals surface area contributed by atoms with Gasteiger partial charge in [0.1, 0.15) is 0 Å². The number of amides is 2. The molecule has 0 radical (unpaired) electrons. The second-order valence-electron chi connectivity index (χ2n) is 8.68. The molecule has 1 aliphatic rings. The Balaban J connectivity index is 1.49. The molecular formula is C27H30N4O2. The molecule has 4 rings (SSSR count). The van der Waals surface area contributed by atoms with Gasteiger partial charge in [-0.1, -0.05) is 48.5 Å². The summed E-state index contributed by atoms with van der Waals surface area (Å²) in [6.07, 6.45) is 6.80. The molecule has 170 valence electrons. The Morgan fingerprint density at radius 2 is 1.64 bits per heavy atom. The molecule has 0 spiro atoms. The summed E-state index contributed by atoms with van der Waals surface area (Å²) in [7, 11) is 0. The average molecular weight is 443 g/mol. The summed E-state index contributed by atoms with van der Waals surface area (Å²) in [4.78, 5) is 26.9. The van der Waals surface area contributed by atoms with Crippen molar-refractivity contribution in [3.63, 3.8) is 0 Å². The summed E-state index contributed by atoms with van der Waals surface area (Å²) in [6, 6.07) is 20.0. The highest BCUT2D eigenvalue weighted by atomic mass is 16.2. The van der Waals surface area contributed by atoms with Crippen molar-refractivity contribution in [2.24, 2.45) is 5.92 Å². The van der Waals surface area contributed by atoms with E-state index in [-0.39, 0.29) is 23.8 Å². The molecule has 0 bridgehead atoms. The van der Waals surface area contributed by atoms with Crippen molar-refractivity contribution in [3.05, 3.63) is 78.5 Å². The van der Waals surface area contributed by atoms with E-state index < -0.39 is 0 Å². The molecule has 1 N–H and O–H groups in total. The molecule has 2 amide bonds. The van der Waals surface area contributed by atoms with E-state index in [1.807, 2.05) is 96.4 Å². The molecule has 6 heteroatoms. The molecule has 2 aromatic carbocycles. The predicted octanol–water partition coefficient (Wildman–Crippen LogP) is 4.32. The van der Waals surface area contributed by atoms with Gasteiger partial charge in [-0.3, -0.25) is 9.59 Å². The van der Waals surface area contributed by atoms with Gasteiger partial charge in [-0.2, -0.15) is 5.10 Å². The number of rotatable bonds is 6. The summed E-state index contributed by atoms with van der Waals surface area (Å²) in [5.41, 5.74) is 3.66. The summed E-state index contributed by atoms with van der Waals surface area (Å²) >= 11 is 0. The first-order valence-corrected chi connectivity index (χ1v) is 11.5. The number of hydrogen-bond donors (Lipinski definition) is 1. The molecule has 0 aliphatic carbocycles. The van der Waals surface area contributed by atoms with Crippen LogP contribution >= 0.6 is 0 Å². The summed E-state index contributed by atoms with van der Waals surface area (Å²) in [6.45, 7) is 5.11. The van der Waals surface area contributed by atoms with Gasteiger partial charge in [0.2, 0.25) is 11.8 Å². The molecule has 6 nitrogen and oxygen atoms in total. The maximum absolute atomic E-state index is 12.9. The van der Waals surface area contributed by atoms with Gasteiger partial charge < -0.3 is 10.2 Å². The Morgan fingerprint density at radius 1 is 1.00 bits per heavy atom. The second kappa shape index (κ2) is 10.3. The quantitative estimate of drug-likeness (QED) is 0.578. The van der Waals surface area contributed by atoms with Gasteiger partial charge in [0.05, 0.1) is 11.4 Å². The summed E-state index contributed by atoms with van der Waals surface area (Å²) in [5.74, 6) is 0.0341. The molecule has 1 saturated heterocycles. The topological polar surface area (TPSA) is 67.2 Å². The normalized spacial score (nSPS) is 14.7. The van der Waals surface area contributed by atoms with Crippen LogP contribution in [0.3, 0.4) is 0 Å². The number of piperidine rings is 1. The summed E-state index contributed by atoms with van der Waals surface area (Å²) < 4.78 is 1.84.